The van der Waals surface area contributed by atoms with Crippen molar-refractivity contribution in [2.24, 2.45) is 0 Å². The summed E-state index contributed by atoms with van der Waals surface area (Å²) < 4.78 is 0. The van der Waals surface area contributed by atoms with Gasteiger partial charge in [-0.2, -0.15) is 0 Å². The fourth-order valence-corrected chi connectivity index (χ4v) is 6.39. The first kappa shape index (κ1) is 27.2. The van der Waals surface area contributed by atoms with Crippen LogP contribution in [0.4, 0.5) is 10.5 Å². The molecular formula is C35H28N4O5. The van der Waals surface area contributed by atoms with Crippen molar-refractivity contribution in [3.05, 3.63) is 137 Å². The third kappa shape index (κ3) is 4.32. The highest BCUT2D eigenvalue weighted by Gasteiger charge is 2.53. The van der Waals surface area contributed by atoms with Crippen LogP contribution in [0.25, 0.3) is 10.9 Å². The second-order valence-electron chi connectivity index (χ2n) is 11.1. The van der Waals surface area contributed by atoms with Crippen molar-refractivity contribution < 1.29 is 24.3 Å². The number of aliphatic carboxylic acids is 1. The minimum Gasteiger partial charge on any atom is -0.479 e. The second-order valence-corrected chi connectivity index (χ2v) is 11.1. The highest BCUT2D eigenvalue weighted by molar-refractivity contribution is 6.24. The van der Waals surface area contributed by atoms with Gasteiger partial charge in [0.25, 0.3) is 11.8 Å². The number of rotatable bonds is 6. The normalized spacial score (nSPS) is 18.2. The van der Waals surface area contributed by atoms with Crippen LogP contribution >= 0.6 is 0 Å². The number of fused-ring (bicyclic) bond motifs is 4. The number of nitrogens with zero attached hydrogens (tertiary/aromatic N) is 2. The molecular weight excluding hydrogens is 556 g/mol. The number of hydrogen-bond donors (Lipinski definition) is 3. The zero-order valence-corrected chi connectivity index (χ0v) is 23.7. The molecule has 3 N–H and O–H groups in total. The molecule has 0 aliphatic carbocycles. The maximum absolute atomic E-state index is 14.3. The first-order valence-electron chi connectivity index (χ1n) is 14.3. The molecule has 3 atom stereocenters. The molecule has 4 amide bonds. The Morgan fingerprint density at radius 2 is 1.57 bits per heavy atom. The van der Waals surface area contributed by atoms with E-state index in [9.17, 15) is 24.3 Å². The van der Waals surface area contributed by atoms with E-state index >= 15 is 0 Å². The lowest BCUT2D eigenvalue weighted by Gasteiger charge is -2.36. The number of amides is 4. The van der Waals surface area contributed by atoms with Gasteiger partial charge < -0.3 is 15.4 Å². The summed E-state index contributed by atoms with van der Waals surface area (Å²) >= 11 is 0. The summed E-state index contributed by atoms with van der Waals surface area (Å²) in [5.41, 5.74) is 5.20. The van der Waals surface area contributed by atoms with Gasteiger partial charge in [0.05, 0.1) is 11.3 Å². The number of hydrogen-bond acceptors (Lipinski definition) is 4. The van der Waals surface area contributed by atoms with Crippen LogP contribution in [0, 0.1) is 6.92 Å². The van der Waals surface area contributed by atoms with Crippen LogP contribution in [0.1, 0.15) is 50.4 Å². The first-order valence-corrected chi connectivity index (χ1v) is 14.3. The van der Waals surface area contributed by atoms with Crippen molar-refractivity contribution in [1.82, 2.24) is 15.2 Å². The minimum atomic E-state index is -1.32. The van der Waals surface area contributed by atoms with E-state index in [1.54, 1.807) is 47.4 Å². The van der Waals surface area contributed by atoms with Crippen LogP contribution < -0.4 is 10.2 Å². The fraction of sp³-hybridized carbons (Fsp3) is 0.143. The average Bonchev–Trinajstić information content (AvgIpc) is 3.53. The topological polar surface area (TPSA) is 123 Å². The van der Waals surface area contributed by atoms with Crippen molar-refractivity contribution in [3.8, 4) is 0 Å². The molecule has 2 aliphatic rings. The van der Waals surface area contributed by atoms with Gasteiger partial charge in [-0.15, -0.1) is 0 Å². The SMILES string of the molecule is Cc1ccc(C2c3[nH]c4ccccc4c3C[C@H]3C(=O)N(c4ccccc4C(=O)N[C@@H](C(=O)O)c4ccccc4)C(=O)N23)cc1. The number of benzene rings is 4. The third-order valence-electron chi connectivity index (χ3n) is 8.49. The molecule has 1 fully saturated rings. The van der Waals surface area contributed by atoms with Crippen molar-refractivity contribution >= 4 is 40.4 Å². The molecule has 218 valence electrons. The van der Waals surface area contributed by atoms with Crippen molar-refractivity contribution in [1.29, 1.82) is 0 Å². The monoisotopic (exact) mass is 584 g/mol. The smallest absolute Gasteiger partial charge is 0.332 e. The van der Waals surface area contributed by atoms with Crippen LogP contribution in [-0.4, -0.2) is 44.8 Å². The molecule has 0 radical (unpaired) electrons. The molecule has 2 aliphatic heterocycles. The van der Waals surface area contributed by atoms with E-state index in [1.165, 1.54) is 12.1 Å². The molecule has 9 nitrogen and oxygen atoms in total. The van der Waals surface area contributed by atoms with Gasteiger partial charge >= 0.3 is 12.0 Å². The molecule has 3 heterocycles. The molecule has 0 saturated carbocycles. The maximum Gasteiger partial charge on any atom is 0.332 e. The number of nitrogens with one attached hydrogen (secondary N) is 2. The summed E-state index contributed by atoms with van der Waals surface area (Å²) in [6.07, 6.45) is 0.312. The number of anilines is 1. The van der Waals surface area contributed by atoms with Gasteiger partial charge in [-0.1, -0.05) is 90.5 Å². The average molecular weight is 585 g/mol. The molecule has 1 aromatic heterocycles. The largest absolute Gasteiger partial charge is 0.479 e. The van der Waals surface area contributed by atoms with Gasteiger partial charge in [-0.3, -0.25) is 14.5 Å². The Morgan fingerprint density at radius 1 is 0.886 bits per heavy atom. The van der Waals surface area contributed by atoms with Gasteiger partial charge in [-0.25, -0.2) is 14.5 Å². The summed E-state index contributed by atoms with van der Waals surface area (Å²) in [5, 5.41) is 13.4. The summed E-state index contributed by atoms with van der Waals surface area (Å²) in [6, 6.07) is 27.2. The Bertz CT molecular complexity index is 1950. The first-order chi connectivity index (χ1) is 21.3. The van der Waals surface area contributed by atoms with Gasteiger partial charge in [0.1, 0.15) is 12.1 Å². The molecule has 0 spiro atoms. The lowest BCUT2D eigenvalue weighted by Crippen LogP contribution is -2.44. The summed E-state index contributed by atoms with van der Waals surface area (Å²) in [7, 11) is 0. The Hall–Kier alpha value is -5.70. The van der Waals surface area contributed by atoms with Crippen molar-refractivity contribution in [2.45, 2.75) is 31.5 Å². The van der Waals surface area contributed by atoms with E-state index in [2.05, 4.69) is 10.3 Å². The number of para-hydroxylation sites is 2. The zero-order valence-electron chi connectivity index (χ0n) is 23.7. The van der Waals surface area contributed by atoms with Crippen LogP contribution in [-0.2, 0) is 16.0 Å². The number of carboxylic acid groups (broad SMARTS) is 1. The van der Waals surface area contributed by atoms with Crippen LogP contribution in [0.15, 0.2) is 103 Å². The maximum atomic E-state index is 14.3. The Morgan fingerprint density at radius 3 is 2.32 bits per heavy atom. The van der Waals surface area contributed by atoms with E-state index < -0.39 is 41.9 Å². The third-order valence-corrected chi connectivity index (χ3v) is 8.49. The highest BCUT2D eigenvalue weighted by Crippen LogP contribution is 2.45. The fourth-order valence-electron chi connectivity index (χ4n) is 6.39. The lowest BCUT2D eigenvalue weighted by atomic mass is 9.88. The van der Waals surface area contributed by atoms with Crippen LogP contribution in [0.5, 0.6) is 0 Å². The van der Waals surface area contributed by atoms with Gasteiger partial charge in [0, 0.05) is 23.0 Å². The van der Waals surface area contributed by atoms with E-state index in [1.807, 2.05) is 55.5 Å². The number of urea groups is 1. The number of H-pyrrole nitrogens is 1. The van der Waals surface area contributed by atoms with Gasteiger partial charge in [0.2, 0.25) is 0 Å². The molecule has 1 saturated heterocycles. The molecule has 5 aromatic rings. The molecule has 1 unspecified atom stereocenters. The standard InChI is InChI=1S/C35H28N4O5/c1-20-15-17-22(18-16-20)31-30-25(23-11-5-7-13-26(23)36-30)19-28-33(41)39(35(44)38(28)31)27-14-8-6-12-24(27)32(40)37-29(34(42)43)21-9-3-2-4-10-21/h2-18,28-29,31,36H,19H2,1H3,(H,37,40)(H,42,43)/t28-,29+,31?/m0/s1. The molecule has 0 bridgehead atoms. The molecule has 4 aromatic carbocycles. The predicted octanol–water partition coefficient (Wildman–Crippen LogP) is 5.51. The zero-order chi connectivity index (χ0) is 30.5. The summed E-state index contributed by atoms with van der Waals surface area (Å²) in [5.74, 6) is -2.39. The summed E-state index contributed by atoms with van der Waals surface area (Å²) in [6.45, 7) is 1.99. The minimum absolute atomic E-state index is 0.0204. The quantitative estimate of drug-likeness (QED) is 0.227. The van der Waals surface area contributed by atoms with Crippen LogP contribution in [0.2, 0.25) is 0 Å². The highest BCUT2D eigenvalue weighted by atomic mass is 16.4. The number of aryl methyl sites for hydroxylation is 1. The van der Waals surface area contributed by atoms with Gasteiger partial charge in [-0.05, 0) is 41.8 Å². The lowest BCUT2D eigenvalue weighted by molar-refractivity contribution is -0.139. The number of carboxylic acids is 1. The van der Waals surface area contributed by atoms with Crippen molar-refractivity contribution in [3.63, 3.8) is 0 Å². The van der Waals surface area contributed by atoms with Gasteiger partial charge in [0.15, 0.2) is 6.04 Å². The Balaban J connectivity index is 1.29. The Kier molecular flexibility index (Phi) is 6.50. The van der Waals surface area contributed by atoms with E-state index in [4.69, 9.17) is 0 Å². The number of carbonyl (C=O) groups excluding carboxylic acids is 3. The molecule has 7 rings (SSSR count). The summed E-state index contributed by atoms with van der Waals surface area (Å²) in [4.78, 5) is 60.4. The second kappa shape index (κ2) is 10.5. The Labute approximate surface area is 252 Å². The number of carbonyl (C=O) groups is 4. The number of aromatic nitrogens is 1. The number of imide groups is 1. The molecule has 44 heavy (non-hydrogen) atoms. The van der Waals surface area contributed by atoms with Crippen LogP contribution in [0.3, 0.4) is 0 Å². The number of aromatic amines is 1. The van der Waals surface area contributed by atoms with E-state index in [0.29, 0.717) is 12.0 Å². The molecule has 9 heteroatoms. The van der Waals surface area contributed by atoms with Crippen molar-refractivity contribution in [2.75, 3.05) is 4.90 Å². The van der Waals surface area contributed by atoms with E-state index in [0.717, 1.165) is 38.2 Å². The predicted molar refractivity (Wildman–Crippen MR) is 164 cm³/mol. The van der Waals surface area contributed by atoms with E-state index in [-0.39, 0.29) is 11.3 Å².